The van der Waals surface area contributed by atoms with Gasteiger partial charge in [0.1, 0.15) is 5.01 Å². The SMILES string of the molecule is CN(C)Cc1nc(C2CSCCN2)cs1. The van der Waals surface area contributed by atoms with E-state index in [4.69, 9.17) is 0 Å². The van der Waals surface area contributed by atoms with E-state index in [9.17, 15) is 0 Å². The molecule has 1 fully saturated rings. The number of thioether (sulfide) groups is 1. The standard InChI is InChI=1S/C10H17N3S2/c1-13(2)5-10-12-9(7-15-10)8-6-14-4-3-11-8/h7-8,11H,3-6H2,1-2H3. The van der Waals surface area contributed by atoms with Gasteiger partial charge in [-0.2, -0.15) is 11.8 Å². The molecule has 0 aliphatic carbocycles. The molecular weight excluding hydrogens is 226 g/mol. The third-order valence-corrected chi connectivity index (χ3v) is 4.21. The molecule has 1 aliphatic heterocycles. The minimum Gasteiger partial charge on any atom is -0.307 e. The highest BCUT2D eigenvalue weighted by atomic mass is 32.2. The Kier molecular flexibility index (Phi) is 4.02. The molecule has 15 heavy (non-hydrogen) atoms. The molecule has 3 nitrogen and oxygen atoms in total. The van der Waals surface area contributed by atoms with E-state index in [-0.39, 0.29) is 0 Å². The van der Waals surface area contributed by atoms with Gasteiger partial charge in [-0.3, -0.25) is 0 Å². The van der Waals surface area contributed by atoms with Crippen LogP contribution in [0.15, 0.2) is 5.38 Å². The Morgan fingerprint density at radius 2 is 2.47 bits per heavy atom. The van der Waals surface area contributed by atoms with Crippen molar-refractivity contribution in [3.8, 4) is 0 Å². The van der Waals surface area contributed by atoms with Gasteiger partial charge in [-0.25, -0.2) is 4.98 Å². The zero-order chi connectivity index (χ0) is 10.7. The van der Waals surface area contributed by atoms with Crippen molar-refractivity contribution in [3.05, 3.63) is 16.1 Å². The van der Waals surface area contributed by atoms with Crippen LogP contribution in [0.2, 0.25) is 0 Å². The van der Waals surface area contributed by atoms with Gasteiger partial charge in [0.15, 0.2) is 0 Å². The highest BCUT2D eigenvalue weighted by molar-refractivity contribution is 7.99. The fourth-order valence-corrected chi connectivity index (χ4v) is 3.50. The quantitative estimate of drug-likeness (QED) is 0.872. The zero-order valence-electron chi connectivity index (χ0n) is 9.19. The van der Waals surface area contributed by atoms with Gasteiger partial charge >= 0.3 is 0 Å². The Morgan fingerprint density at radius 1 is 1.60 bits per heavy atom. The summed E-state index contributed by atoms with van der Waals surface area (Å²) in [4.78, 5) is 6.83. The van der Waals surface area contributed by atoms with E-state index in [1.165, 1.54) is 16.5 Å². The number of nitrogens with one attached hydrogen (secondary N) is 1. The van der Waals surface area contributed by atoms with Crippen molar-refractivity contribution in [2.45, 2.75) is 12.6 Å². The molecule has 84 valence electrons. The Hall–Kier alpha value is -0.100. The third-order valence-electron chi connectivity index (χ3n) is 2.30. The summed E-state index contributed by atoms with van der Waals surface area (Å²) in [6.45, 7) is 2.06. The summed E-state index contributed by atoms with van der Waals surface area (Å²) in [6.07, 6.45) is 0. The van der Waals surface area contributed by atoms with Gasteiger partial charge in [-0.1, -0.05) is 0 Å². The Morgan fingerprint density at radius 3 is 3.13 bits per heavy atom. The highest BCUT2D eigenvalue weighted by Crippen LogP contribution is 2.23. The summed E-state index contributed by atoms with van der Waals surface area (Å²) in [5, 5.41) is 6.92. The van der Waals surface area contributed by atoms with Crippen molar-refractivity contribution in [2.75, 3.05) is 32.1 Å². The van der Waals surface area contributed by atoms with Crippen LogP contribution in [0, 0.1) is 0 Å². The zero-order valence-corrected chi connectivity index (χ0v) is 10.8. The molecule has 1 aliphatic rings. The van der Waals surface area contributed by atoms with Crippen molar-refractivity contribution in [2.24, 2.45) is 0 Å². The van der Waals surface area contributed by atoms with E-state index in [0.717, 1.165) is 18.8 Å². The fraction of sp³-hybridized carbons (Fsp3) is 0.700. The van der Waals surface area contributed by atoms with Crippen LogP contribution in [0.5, 0.6) is 0 Å². The van der Waals surface area contributed by atoms with Crippen molar-refractivity contribution in [1.29, 1.82) is 0 Å². The highest BCUT2D eigenvalue weighted by Gasteiger charge is 2.17. The van der Waals surface area contributed by atoms with Crippen molar-refractivity contribution < 1.29 is 0 Å². The van der Waals surface area contributed by atoms with Crippen LogP contribution in [0.25, 0.3) is 0 Å². The van der Waals surface area contributed by atoms with Crippen molar-refractivity contribution >= 4 is 23.1 Å². The second-order valence-electron chi connectivity index (χ2n) is 3.99. The first-order chi connectivity index (χ1) is 7.25. The number of rotatable bonds is 3. The minimum atomic E-state index is 0.468. The molecule has 0 bridgehead atoms. The van der Waals surface area contributed by atoms with E-state index in [0.29, 0.717) is 6.04 Å². The van der Waals surface area contributed by atoms with E-state index in [2.05, 4.69) is 34.7 Å². The van der Waals surface area contributed by atoms with Gasteiger partial charge in [-0.15, -0.1) is 11.3 Å². The largest absolute Gasteiger partial charge is 0.307 e. The van der Waals surface area contributed by atoms with E-state index in [1.807, 2.05) is 11.8 Å². The van der Waals surface area contributed by atoms with Gasteiger partial charge in [-0.05, 0) is 14.1 Å². The molecular formula is C10H17N3S2. The first-order valence-corrected chi connectivity index (χ1v) is 7.19. The molecule has 0 aromatic carbocycles. The van der Waals surface area contributed by atoms with Gasteiger partial charge < -0.3 is 10.2 Å². The Balaban J connectivity index is 1.99. The lowest BCUT2D eigenvalue weighted by molar-refractivity contribution is 0.400. The predicted octanol–water partition coefficient (Wildman–Crippen LogP) is 1.58. The fourth-order valence-electron chi connectivity index (χ4n) is 1.58. The first-order valence-electron chi connectivity index (χ1n) is 5.16. The molecule has 2 heterocycles. The molecule has 1 atom stereocenters. The van der Waals surface area contributed by atoms with Crippen molar-refractivity contribution in [1.82, 2.24) is 15.2 Å². The van der Waals surface area contributed by atoms with E-state index in [1.54, 1.807) is 11.3 Å². The Labute approximate surface area is 99.3 Å². The average Bonchev–Trinajstić information content (AvgIpc) is 2.67. The number of hydrogen-bond acceptors (Lipinski definition) is 5. The van der Waals surface area contributed by atoms with Crippen LogP contribution < -0.4 is 5.32 Å². The first kappa shape index (κ1) is 11.4. The molecule has 1 saturated heterocycles. The van der Waals surface area contributed by atoms with Gasteiger partial charge in [0.25, 0.3) is 0 Å². The summed E-state index contributed by atoms with van der Waals surface area (Å²) in [6, 6.07) is 0.468. The molecule has 1 unspecified atom stereocenters. The summed E-state index contributed by atoms with van der Waals surface area (Å²) < 4.78 is 0. The lowest BCUT2D eigenvalue weighted by Crippen LogP contribution is -2.30. The topological polar surface area (TPSA) is 28.2 Å². The monoisotopic (exact) mass is 243 g/mol. The van der Waals surface area contributed by atoms with E-state index < -0.39 is 0 Å². The van der Waals surface area contributed by atoms with Crippen LogP contribution in [0.3, 0.4) is 0 Å². The second-order valence-corrected chi connectivity index (χ2v) is 6.08. The maximum atomic E-state index is 4.68. The van der Waals surface area contributed by atoms with Crippen LogP contribution in [0.4, 0.5) is 0 Å². The van der Waals surface area contributed by atoms with Gasteiger partial charge in [0, 0.05) is 30.0 Å². The molecule has 5 heteroatoms. The van der Waals surface area contributed by atoms with E-state index >= 15 is 0 Å². The second kappa shape index (κ2) is 5.30. The lowest BCUT2D eigenvalue weighted by Gasteiger charge is -2.21. The summed E-state index contributed by atoms with van der Waals surface area (Å²) >= 11 is 3.78. The number of thiazole rings is 1. The molecule has 0 amide bonds. The van der Waals surface area contributed by atoms with Crippen LogP contribution >= 0.6 is 23.1 Å². The molecule has 0 radical (unpaired) electrons. The third kappa shape index (κ3) is 3.17. The lowest BCUT2D eigenvalue weighted by atomic mass is 10.2. The number of nitrogens with zero attached hydrogens (tertiary/aromatic N) is 2. The van der Waals surface area contributed by atoms with Gasteiger partial charge in [0.05, 0.1) is 11.7 Å². The summed E-state index contributed by atoms with van der Waals surface area (Å²) in [5.41, 5.74) is 1.23. The normalized spacial score (nSPS) is 22.2. The van der Waals surface area contributed by atoms with Gasteiger partial charge in [0.2, 0.25) is 0 Å². The van der Waals surface area contributed by atoms with Crippen LogP contribution in [0.1, 0.15) is 16.7 Å². The molecule has 1 N–H and O–H groups in total. The molecule has 0 spiro atoms. The predicted molar refractivity (Wildman–Crippen MR) is 67.6 cm³/mol. The van der Waals surface area contributed by atoms with Crippen molar-refractivity contribution in [3.63, 3.8) is 0 Å². The maximum Gasteiger partial charge on any atom is 0.107 e. The molecule has 1 aromatic heterocycles. The summed E-state index contributed by atoms with van der Waals surface area (Å²) in [7, 11) is 4.16. The molecule has 0 saturated carbocycles. The molecule has 2 rings (SSSR count). The maximum absolute atomic E-state index is 4.68. The number of hydrogen-bond donors (Lipinski definition) is 1. The smallest absolute Gasteiger partial charge is 0.107 e. The minimum absolute atomic E-state index is 0.468. The Bertz CT molecular complexity index is 305. The average molecular weight is 243 g/mol. The van der Waals surface area contributed by atoms with Crippen LogP contribution in [-0.2, 0) is 6.54 Å². The van der Waals surface area contributed by atoms with Crippen LogP contribution in [-0.4, -0.2) is 42.0 Å². The molecule has 1 aromatic rings. The number of aromatic nitrogens is 1. The summed E-state index contributed by atoms with van der Waals surface area (Å²) in [5.74, 6) is 2.39.